The van der Waals surface area contributed by atoms with Crippen LogP contribution in [0.3, 0.4) is 0 Å². The van der Waals surface area contributed by atoms with Crippen LogP contribution in [0.1, 0.15) is 11.7 Å². The van der Waals surface area contributed by atoms with E-state index in [1.807, 2.05) is 24.3 Å². The molecule has 0 aliphatic heterocycles. The molecule has 6 heteroatoms. The van der Waals surface area contributed by atoms with E-state index < -0.39 is 6.10 Å². The van der Waals surface area contributed by atoms with Gasteiger partial charge in [-0.15, -0.1) is 5.10 Å². The summed E-state index contributed by atoms with van der Waals surface area (Å²) in [5.41, 5.74) is 7.07. The molecule has 2 aromatic rings. The van der Waals surface area contributed by atoms with Crippen molar-refractivity contribution in [3.63, 3.8) is 0 Å². The highest BCUT2D eigenvalue weighted by atomic mass is 16.3. The number of tetrazole rings is 1. The summed E-state index contributed by atoms with van der Waals surface area (Å²) in [6.45, 7) is 0.213. The minimum Gasteiger partial charge on any atom is -0.387 e. The number of rotatable bonds is 3. The third kappa shape index (κ3) is 1.93. The van der Waals surface area contributed by atoms with Gasteiger partial charge in [-0.05, 0) is 16.0 Å². The van der Waals surface area contributed by atoms with Gasteiger partial charge in [0.15, 0.2) is 5.82 Å². The number of aryl methyl sites for hydroxylation is 1. The molecule has 2 rings (SSSR count). The topological polar surface area (TPSA) is 89.8 Å². The van der Waals surface area contributed by atoms with E-state index in [-0.39, 0.29) is 6.54 Å². The van der Waals surface area contributed by atoms with Gasteiger partial charge < -0.3 is 10.8 Å². The van der Waals surface area contributed by atoms with Crippen molar-refractivity contribution >= 4 is 0 Å². The molecule has 3 N–H and O–H groups in total. The van der Waals surface area contributed by atoms with Crippen molar-refractivity contribution in [3.8, 4) is 11.4 Å². The van der Waals surface area contributed by atoms with Crippen LogP contribution >= 0.6 is 0 Å². The van der Waals surface area contributed by atoms with Crippen LogP contribution < -0.4 is 5.73 Å². The summed E-state index contributed by atoms with van der Waals surface area (Å²) in [6, 6.07) is 7.36. The number of hydrogen-bond acceptors (Lipinski definition) is 5. The monoisotopic (exact) mass is 219 g/mol. The maximum atomic E-state index is 9.53. The number of aliphatic hydroxyl groups excluding tert-OH is 1. The average Bonchev–Trinajstić information content (AvgIpc) is 2.75. The van der Waals surface area contributed by atoms with E-state index >= 15 is 0 Å². The summed E-state index contributed by atoms with van der Waals surface area (Å²) in [5, 5.41) is 20.7. The number of aromatic nitrogens is 4. The van der Waals surface area contributed by atoms with Crippen molar-refractivity contribution in [1.82, 2.24) is 20.2 Å². The van der Waals surface area contributed by atoms with Gasteiger partial charge in [0.05, 0.1) is 6.10 Å². The van der Waals surface area contributed by atoms with Crippen molar-refractivity contribution in [3.05, 3.63) is 29.8 Å². The number of nitrogens with zero attached hydrogens (tertiary/aromatic N) is 4. The van der Waals surface area contributed by atoms with Gasteiger partial charge in [0, 0.05) is 19.2 Å². The first kappa shape index (κ1) is 10.7. The molecule has 0 aliphatic carbocycles. The summed E-state index contributed by atoms with van der Waals surface area (Å²) in [4.78, 5) is 0. The first-order valence-electron chi connectivity index (χ1n) is 4.93. The molecule has 0 amide bonds. The average molecular weight is 219 g/mol. The Hall–Kier alpha value is -1.79. The molecule has 1 unspecified atom stereocenters. The molecule has 1 aromatic heterocycles. The van der Waals surface area contributed by atoms with Crippen LogP contribution in [0.5, 0.6) is 0 Å². The zero-order chi connectivity index (χ0) is 11.5. The van der Waals surface area contributed by atoms with Gasteiger partial charge in [-0.25, -0.2) is 4.68 Å². The van der Waals surface area contributed by atoms with Gasteiger partial charge in [-0.2, -0.15) is 0 Å². The summed E-state index contributed by atoms with van der Waals surface area (Å²) in [7, 11) is 1.78. The van der Waals surface area contributed by atoms with Gasteiger partial charge in [0.2, 0.25) is 0 Å². The molecule has 1 atom stereocenters. The van der Waals surface area contributed by atoms with Gasteiger partial charge in [-0.3, -0.25) is 0 Å². The van der Waals surface area contributed by atoms with E-state index in [2.05, 4.69) is 15.5 Å². The molecule has 1 heterocycles. The smallest absolute Gasteiger partial charge is 0.181 e. The third-order valence-electron chi connectivity index (χ3n) is 2.40. The van der Waals surface area contributed by atoms with Crippen LogP contribution in [-0.2, 0) is 7.05 Å². The zero-order valence-electron chi connectivity index (χ0n) is 8.91. The van der Waals surface area contributed by atoms with Crippen molar-refractivity contribution in [1.29, 1.82) is 0 Å². The molecule has 0 bridgehead atoms. The van der Waals surface area contributed by atoms with Gasteiger partial charge in [-0.1, -0.05) is 24.3 Å². The highest BCUT2D eigenvalue weighted by Crippen LogP contribution is 2.18. The summed E-state index contributed by atoms with van der Waals surface area (Å²) < 4.78 is 1.59. The molecular weight excluding hydrogens is 206 g/mol. The Morgan fingerprint density at radius 1 is 1.38 bits per heavy atom. The molecule has 0 aliphatic rings. The standard InChI is InChI=1S/C10H13N5O/c1-15-10(12-13-14-15)8-4-2-7(3-5-8)9(16)6-11/h2-5,9,16H,6,11H2,1H3. The van der Waals surface area contributed by atoms with E-state index in [0.29, 0.717) is 5.82 Å². The Bertz CT molecular complexity index is 464. The summed E-state index contributed by atoms with van der Waals surface area (Å²) >= 11 is 0. The maximum Gasteiger partial charge on any atom is 0.181 e. The van der Waals surface area contributed by atoms with Crippen LogP contribution in [0.4, 0.5) is 0 Å². The van der Waals surface area contributed by atoms with Gasteiger partial charge >= 0.3 is 0 Å². The molecule has 0 fully saturated rings. The molecule has 16 heavy (non-hydrogen) atoms. The Morgan fingerprint density at radius 3 is 2.56 bits per heavy atom. The van der Waals surface area contributed by atoms with Crippen LogP contribution in [0.2, 0.25) is 0 Å². The summed E-state index contributed by atoms with van der Waals surface area (Å²) in [6.07, 6.45) is -0.619. The van der Waals surface area contributed by atoms with Crippen molar-refractivity contribution in [2.75, 3.05) is 6.54 Å². The first-order valence-corrected chi connectivity index (χ1v) is 4.93. The fourth-order valence-electron chi connectivity index (χ4n) is 1.46. The lowest BCUT2D eigenvalue weighted by molar-refractivity contribution is 0.187. The van der Waals surface area contributed by atoms with E-state index in [0.717, 1.165) is 11.1 Å². The highest BCUT2D eigenvalue weighted by Gasteiger charge is 2.08. The number of aliphatic hydroxyl groups is 1. The third-order valence-corrected chi connectivity index (χ3v) is 2.40. The Balaban J connectivity index is 2.30. The minimum atomic E-state index is -0.619. The number of benzene rings is 1. The zero-order valence-corrected chi connectivity index (χ0v) is 8.91. The molecule has 0 saturated carbocycles. The normalized spacial score (nSPS) is 12.7. The van der Waals surface area contributed by atoms with E-state index in [4.69, 9.17) is 5.73 Å². The Kier molecular flexibility index (Phi) is 2.93. The molecule has 0 saturated heterocycles. The van der Waals surface area contributed by atoms with E-state index in [1.165, 1.54) is 0 Å². The van der Waals surface area contributed by atoms with Crippen molar-refractivity contribution in [2.45, 2.75) is 6.10 Å². The van der Waals surface area contributed by atoms with Crippen LogP contribution in [-0.4, -0.2) is 31.9 Å². The van der Waals surface area contributed by atoms with Crippen LogP contribution in [0.25, 0.3) is 11.4 Å². The van der Waals surface area contributed by atoms with Crippen molar-refractivity contribution in [2.24, 2.45) is 12.8 Å². The molecule has 6 nitrogen and oxygen atoms in total. The largest absolute Gasteiger partial charge is 0.387 e. The molecule has 1 aromatic carbocycles. The lowest BCUT2D eigenvalue weighted by atomic mass is 10.1. The molecular formula is C10H13N5O. The first-order chi connectivity index (χ1) is 7.72. The number of nitrogens with two attached hydrogens (primary N) is 1. The quantitative estimate of drug-likeness (QED) is 0.750. The van der Waals surface area contributed by atoms with Crippen LogP contribution in [0.15, 0.2) is 24.3 Å². The second-order valence-electron chi connectivity index (χ2n) is 3.50. The molecule has 0 spiro atoms. The van der Waals surface area contributed by atoms with E-state index in [1.54, 1.807) is 11.7 Å². The second-order valence-corrected chi connectivity index (χ2v) is 3.50. The molecule has 0 radical (unpaired) electrons. The van der Waals surface area contributed by atoms with Gasteiger partial charge in [0.1, 0.15) is 0 Å². The highest BCUT2D eigenvalue weighted by molar-refractivity contribution is 5.54. The van der Waals surface area contributed by atoms with Crippen molar-refractivity contribution < 1.29 is 5.11 Å². The number of hydrogen-bond donors (Lipinski definition) is 2. The lowest BCUT2D eigenvalue weighted by Gasteiger charge is -2.08. The fraction of sp³-hybridized carbons (Fsp3) is 0.300. The summed E-state index contributed by atoms with van der Waals surface area (Å²) in [5.74, 6) is 0.689. The predicted molar refractivity (Wildman–Crippen MR) is 58.2 cm³/mol. The molecule has 84 valence electrons. The SMILES string of the molecule is Cn1nnnc1-c1ccc(C(O)CN)cc1. The van der Waals surface area contributed by atoms with E-state index in [9.17, 15) is 5.11 Å². The minimum absolute atomic E-state index is 0.213. The second kappa shape index (κ2) is 4.38. The lowest BCUT2D eigenvalue weighted by Crippen LogP contribution is -2.11. The maximum absolute atomic E-state index is 9.53. The Labute approximate surface area is 92.7 Å². The Morgan fingerprint density at radius 2 is 2.06 bits per heavy atom. The van der Waals surface area contributed by atoms with Gasteiger partial charge in [0.25, 0.3) is 0 Å². The predicted octanol–water partition coefficient (Wildman–Crippen LogP) is -0.131. The fourth-order valence-corrected chi connectivity index (χ4v) is 1.46. The van der Waals surface area contributed by atoms with Crippen LogP contribution in [0, 0.1) is 0 Å².